The third kappa shape index (κ3) is 5.81. The van der Waals surface area contributed by atoms with Gasteiger partial charge in [-0.15, -0.1) is 0 Å². The summed E-state index contributed by atoms with van der Waals surface area (Å²) in [5.74, 6) is 0. The largest absolute Gasteiger partial charge is 0.322 e. The lowest BCUT2D eigenvalue weighted by Crippen LogP contribution is -2.74. The monoisotopic (exact) mass is 738 g/mol. The highest BCUT2D eigenvalue weighted by Crippen LogP contribution is 2.43. The number of fused-ring (bicyclic) bond motifs is 3. The first-order valence-electron chi connectivity index (χ1n) is 19.4. The summed E-state index contributed by atoms with van der Waals surface area (Å²) in [5, 5.41) is 10.2. The van der Waals surface area contributed by atoms with Crippen LogP contribution in [0.2, 0.25) is 0 Å². The van der Waals surface area contributed by atoms with E-state index in [9.17, 15) is 0 Å². The summed E-state index contributed by atoms with van der Waals surface area (Å²) in [6.07, 6.45) is 0.122. The van der Waals surface area contributed by atoms with Gasteiger partial charge < -0.3 is 10.3 Å². The van der Waals surface area contributed by atoms with E-state index in [2.05, 4.69) is 233 Å². The Morgan fingerprint density at radius 2 is 0.946 bits per heavy atom. The maximum atomic E-state index is 7.25. The Balaban J connectivity index is 1.11. The molecule has 1 aliphatic rings. The van der Waals surface area contributed by atoms with Gasteiger partial charge in [0.25, 0.3) is 0 Å². The van der Waals surface area contributed by atoms with Crippen LogP contribution in [0.4, 0.5) is 0 Å². The molecule has 0 aliphatic carbocycles. The Morgan fingerprint density at radius 3 is 1.54 bits per heavy atom. The fourth-order valence-electron chi connectivity index (χ4n) is 8.98. The van der Waals surface area contributed by atoms with Crippen LogP contribution in [0.15, 0.2) is 218 Å². The van der Waals surface area contributed by atoms with Gasteiger partial charge in [-0.05, 0) is 61.7 Å². The average molecular weight is 739 g/mol. The highest BCUT2D eigenvalue weighted by molar-refractivity contribution is 7.20. The van der Waals surface area contributed by atoms with Gasteiger partial charge in [-0.3, -0.25) is 0 Å². The van der Waals surface area contributed by atoms with E-state index in [1.165, 1.54) is 53.7 Å². The molecule has 1 saturated heterocycles. The number of nitrogens with two attached hydrogens (primary N) is 1. The molecule has 1 fully saturated rings. The van der Waals surface area contributed by atoms with Gasteiger partial charge in [0.15, 0.2) is 8.07 Å². The summed E-state index contributed by atoms with van der Waals surface area (Å²) in [6.45, 7) is 0. The number of nitrogens with one attached hydrogen (secondary N) is 1. The average Bonchev–Trinajstić information content (AvgIpc) is 3.99. The molecule has 8 aromatic carbocycles. The maximum Gasteiger partial charge on any atom is 0.179 e. The van der Waals surface area contributed by atoms with Crippen LogP contribution in [0.25, 0.3) is 27.5 Å². The second-order valence-corrected chi connectivity index (χ2v) is 18.6. The molecule has 1 aromatic heterocycles. The predicted octanol–water partition coefficient (Wildman–Crippen LogP) is 8.42. The van der Waals surface area contributed by atoms with E-state index >= 15 is 0 Å². The van der Waals surface area contributed by atoms with Crippen LogP contribution in [0, 0.1) is 0 Å². The van der Waals surface area contributed by atoms with Crippen molar-refractivity contribution in [1.29, 1.82) is 0 Å². The van der Waals surface area contributed by atoms with E-state index < -0.39 is 8.07 Å². The molecule has 3 unspecified atom stereocenters. The highest BCUT2D eigenvalue weighted by Gasteiger charge is 2.44. The lowest BCUT2D eigenvalue weighted by molar-refractivity contribution is 0.308. The fourth-order valence-corrected chi connectivity index (χ4v) is 13.7. The van der Waals surface area contributed by atoms with Crippen molar-refractivity contribution < 1.29 is 0 Å². The van der Waals surface area contributed by atoms with E-state index in [0.29, 0.717) is 0 Å². The number of para-hydroxylation sites is 1. The molecule has 0 spiro atoms. The molecule has 5 heteroatoms. The summed E-state index contributed by atoms with van der Waals surface area (Å²) < 4.78 is 2.44. The van der Waals surface area contributed by atoms with Crippen LogP contribution in [0.3, 0.4) is 0 Å². The Morgan fingerprint density at radius 1 is 0.446 bits per heavy atom. The number of hydrogen-bond donors (Lipinski definition) is 2. The van der Waals surface area contributed by atoms with Crippen molar-refractivity contribution in [2.75, 3.05) is 0 Å². The van der Waals surface area contributed by atoms with Crippen LogP contribution in [-0.4, -0.2) is 17.6 Å². The smallest absolute Gasteiger partial charge is 0.179 e. The molecule has 0 saturated carbocycles. The number of aromatic nitrogens is 1. The molecule has 56 heavy (non-hydrogen) atoms. The summed E-state index contributed by atoms with van der Waals surface area (Å²) in [7, 11) is -2.73. The zero-order valence-corrected chi connectivity index (χ0v) is 32.0. The van der Waals surface area contributed by atoms with Crippen molar-refractivity contribution in [3.63, 3.8) is 0 Å². The topological polar surface area (TPSA) is 55.9 Å². The quantitative estimate of drug-likeness (QED) is 0.0842. The van der Waals surface area contributed by atoms with E-state index in [-0.39, 0.29) is 18.2 Å². The van der Waals surface area contributed by atoms with Crippen molar-refractivity contribution >= 4 is 50.6 Å². The van der Waals surface area contributed by atoms with Crippen LogP contribution in [0.5, 0.6) is 0 Å². The molecule has 0 radical (unpaired) electrons. The van der Waals surface area contributed by atoms with Gasteiger partial charge in [-0.1, -0.05) is 194 Å². The van der Waals surface area contributed by atoms with Crippen molar-refractivity contribution in [2.24, 2.45) is 5.73 Å². The zero-order chi connectivity index (χ0) is 37.5. The first-order valence-corrected chi connectivity index (χ1v) is 21.4. The van der Waals surface area contributed by atoms with Gasteiger partial charge in [-0.25, -0.2) is 10.4 Å². The first-order chi connectivity index (χ1) is 27.7. The third-order valence-electron chi connectivity index (χ3n) is 11.6. The summed E-state index contributed by atoms with van der Waals surface area (Å²) in [4.78, 5) is 0. The van der Waals surface area contributed by atoms with E-state index in [0.717, 1.165) is 11.3 Å². The molecule has 10 rings (SSSR count). The van der Waals surface area contributed by atoms with Crippen molar-refractivity contribution in [1.82, 2.24) is 15.0 Å². The number of hydrogen-bond acceptors (Lipinski definition) is 3. The summed E-state index contributed by atoms with van der Waals surface area (Å²) in [6, 6.07) is 79.3. The maximum absolute atomic E-state index is 7.25. The highest BCUT2D eigenvalue weighted by atomic mass is 28.3. The number of hydrazine groups is 1. The van der Waals surface area contributed by atoms with Crippen molar-refractivity contribution in [3.05, 3.63) is 235 Å². The predicted molar refractivity (Wildman–Crippen MR) is 235 cm³/mol. The van der Waals surface area contributed by atoms with Crippen LogP contribution >= 0.6 is 0 Å². The van der Waals surface area contributed by atoms with E-state index in [1.807, 2.05) is 0 Å². The summed E-state index contributed by atoms with van der Waals surface area (Å²) >= 11 is 0. The lowest BCUT2D eigenvalue weighted by Gasteiger charge is -2.34. The standard InChI is InChI=1S/C51H42N4Si/c52-49(50(38-18-6-1-7-19-38)55-51(53-55)39-20-8-2-9-21-39)37-30-32-40(33-31-37)54-47-29-17-16-28-45(47)46-35-34-44(36-48(46)54)56(41-22-10-3-11-23-41,42-24-12-4-13-25-42)43-26-14-5-15-27-43/h1-36,49-51,53H,52H2/t49-,50?,51?,55?/m1/s1. The Labute approximate surface area is 329 Å². The molecule has 4 nitrogen and oxygen atoms in total. The van der Waals surface area contributed by atoms with Crippen LogP contribution in [0.1, 0.15) is 34.9 Å². The van der Waals surface area contributed by atoms with Gasteiger partial charge in [0.1, 0.15) is 6.17 Å². The van der Waals surface area contributed by atoms with Crippen LogP contribution < -0.4 is 31.9 Å². The Bertz CT molecular complexity index is 2640. The normalized spacial score (nSPS) is 16.4. The molecule has 3 N–H and O–H groups in total. The second-order valence-electron chi connectivity index (χ2n) is 14.8. The molecular formula is C51H42N4Si. The number of nitrogens with zero attached hydrogens (tertiary/aromatic N) is 2. The van der Waals surface area contributed by atoms with E-state index in [4.69, 9.17) is 5.73 Å². The molecule has 270 valence electrons. The summed E-state index contributed by atoms with van der Waals surface area (Å²) in [5.41, 5.74) is 17.9. The second kappa shape index (κ2) is 14.4. The molecule has 0 bridgehead atoms. The molecule has 4 atom stereocenters. The lowest BCUT2D eigenvalue weighted by atomic mass is 9.93. The van der Waals surface area contributed by atoms with Gasteiger partial charge in [-0.2, -0.15) is 0 Å². The van der Waals surface area contributed by atoms with Crippen LogP contribution in [-0.2, 0) is 0 Å². The molecular weight excluding hydrogens is 697 g/mol. The molecule has 1 aliphatic heterocycles. The Kier molecular flexibility index (Phi) is 8.78. The minimum Gasteiger partial charge on any atom is -0.322 e. The third-order valence-corrected chi connectivity index (χ3v) is 16.4. The van der Waals surface area contributed by atoms with Gasteiger partial charge in [0, 0.05) is 16.5 Å². The molecule has 9 aromatic rings. The van der Waals surface area contributed by atoms with Crippen molar-refractivity contribution in [3.8, 4) is 5.69 Å². The number of benzene rings is 8. The minimum atomic E-state index is -2.73. The first kappa shape index (κ1) is 34.2. The van der Waals surface area contributed by atoms with Gasteiger partial charge in [0.05, 0.1) is 23.1 Å². The number of rotatable bonds is 10. The Hall–Kier alpha value is -6.34. The molecule has 0 amide bonds. The van der Waals surface area contributed by atoms with E-state index in [1.54, 1.807) is 0 Å². The molecule has 2 heterocycles. The van der Waals surface area contributed by atoms with Gasteiger partial charge in [0.2, 0.25) is 0 Å². The van der Waals surface area contributed by atoms with Gasteiger partial charge >= 0.3 is 0 Å². The SMILES string of the molecule is N[C@H](c1ccc(-n2c3ccccc3c3ccc([Si](c4ccccc4)(c4ccccc4)c4ccccc4)cc32)cc1)C(c1ccccc1)N1NC1c1ccccc1. The fraction of sp³-hybridized carbons (Fsp3) is 0.0588. The zero-order valence-electron chi connectivity index (χ0n) is 31.0. The minimum absolute atomic E-state index is 0.0462. The van der Waals surface area contributed by atoms with Crippen molar-refractivity contribution in [2.45, 2.75) is 18.2 Å².